The maximum atomic E-state index is 5.82. The van der Waals surface area contributed by atoms with Crippen molar-refractivity contribution in [2.75, 3.05) is 0 Å². The zero-order valence-corrected chi connectivity index (χ0v) is 7.34. The van der Waals surface area contributed by atoms with Crippen LogP contribution in [0.4, 0.5) is 0 Å². The van der Waals surface area contributed by atoms with Gasteiger partial charge in [0, 0.05) is 6.07 Å². The molecule has 0 unspecified atom stereocenters. The Morgan fingerprint density at radius 2 is 2.25 bits per heavy atom. The van der Waals surface area contributed by atoms with Crippen LogP contribution in [-0.2, 0) is 0 Å². The maximum absolute atomic E-state index is 5.82. The van der Waals surface area contributed by atoms with Crippen molar-refractivity contribution in [2.24, 2.45) is 0 Å². The van der Waals surface area contributed by atoms with Crippen molar-refractivity contribution in [1.82, 2.24) is 19.7 Å². The van der Waals surface area contributed by atoms with E-state index in [1.807, 2.05) is 0 Å². The first kappa shape index (κ1) is 7.64. The van der Waals surface area contributed by atoms with Crippen LogP contribution in [0.3, 0.4) is 0 Å². The Bertz CT molecular complexity index is 378. The molecule has 2 heterocycles. The minimum Gasteiger partial charge on any atom is -0.272 e. The second kappa shape index (κ2) is 2.80. The second-order valence-corrected chi connectivity index (χ2v) is 2.85. The Balaban J connectivity index is 2.55. The fraction of sp³-hybridized carbons (Fsp3) is 0. The van der Waals surface area contributed by atoms with E-state index in [0.717, 1.165) is 5.82 Å². The van der Waals surface area contributed by atoms with Crippen molar-refractivity contribution < 1.29 is 0 Å². The zero-order chi connectivity index (χ0) is 8.55. The van der Waals surface area contributed by atoms with Gasteiger partial charge in [-0.25, -0.2) is 4.98 Å². The molecule has 0 bridgehead atoms. The third kappa shape index (κ3) is 1.09. The number of H-pyrrole nitrogens is 1. The number of hydrogen-bond donors (Lipinski definition) is 1. The number of nitrogens with zero attached hydrogens (tertiary/aromatic N) is 3. The SMILES string of the molecule is Clc1ncn(-c2ccn[nH]2)c1Cl. The average Bonchev–Trinajstić information content (AvgIpc) is 2.64. The third-order valence-corrected chi connectivity index (χ3v) is 2.15. The van der Waals surface area contributed by atoms with Crippen LogP contribution in [0.5, 0.6) is 0 Å². The largest absolute Gasteiger partial charge is 0.272 e. The van der Waals surface area contributed by atoms with E-state index in [1.54, 1.807) is 16.8 Å². The highest BCUT2D eigenvalue weighted by Gasteiger charge is 2.07. The van der Waals surface area contributed by atoms with Gasteiger partial charge in [-0.3, -0.25) is 9.67 Å². The summed E-state index contributed by atoms with van der Waals surface area (Å²) in [4.78, 5) is 3.82. The summed E-state index contributed by atoms with van der Waals surface area (Å²) in [5, 5.41) is 7.17. The quantitative estimate of drug-likeness (QED) is 0.769. The minimum absolute atomic E-state index is 0.284. The molecule has 2 aromatic rings. The van der Waals surface area contributed by atoms with Gasteiger partial charge >= 0.3 is 0 Å². The van der Waals surface area contributed by atoms with E-state index in [1.165, 1.54) is 6.33 Å². The van der Waals surface area contributed by atoms with Gasteiger partial charge in [0.2, 0.25) is 0 Å². The fourth-order valence-corrected chi connectivity index (χ4v) is 1.18. The lowest BCUT2D eigenvalue weighted by Gasteiger charge is -1.96. The van der Waals surface area contributed by atoms with Crippen molar-refractivity contribution in [3.8, 4) is 5.82 Å². The summed E-state index contributed by atoms with van der Waals surface area (Å²) in [5.74, 6) is 0.736. The molecular weight excluding hydrogens is 199 g/mol. The van der Waals surface area contributed by atoms with Crippen LogP contribution < -0.4 is 0 Å². The number of aromatic amines is 1. The molecule has 0 aromatic carbocycles. The summed E-state index contributed by atoms with van der Waals surface area (Å²) in [6.45, 7) is 0. The molecule has 0 fully saturated rings. The molecule has 6 heteroatoms. The number of halogens is 2. The van der Waals surface area contributed by atoms with Crippen molar-refractivity contribution >= 4 is 23.2 Å². The van der Waals surface area contributed by atoms with Gasteiger partial charge in [0.15, 0.2) is 10.3 Å². The van der Waals surface area contributed by atoms with Gasteiger partial charge < -0.3 is 0 Å². The number of aromatic nitrogens is 4. The molecule has 4 nitrogen and oxygen atoms in total. The molecule has 2 aromatic heterocycles. The maximum Gasteiger partial charge on any atom is 0.166 e. The van der Waals surface area contributed by atoms with Crippen LogP contribution in [0.15, 0.2) is 18.6 Å². The Kier molecular flexibility index (Phi) is 1.78. The summed E-state index contributed by atoms with van der Waals surface area (Å²) in [6, 6.07) is 1.77. The van der Waals surface area contributed by atoms with E-state index in [-0.39, 0.29) is 5.15 Å². The second-order valence-electron chi connectivity index (χ2n) is 2.14. The Labute approximate surface area is 78.1 Å². The highest BCUT2D eigenvalue weighted by Crippen LogP contribution is 2.21. The van der Waals surface area contributed by atoms with E-state index in [2.05, 4.69) is 15.2 Å². The molecular formula is C6H4Cl2N4. The van der Waals surface area contributed by atoms with Gasteiger partial charge in [0.25, 0.3) is 0 Å². The van der Waals surface area contributed by atoms with E-state index < -0.39 is 0 Å². The Hall–Kier alpha value is -1.00. The standard InChI is InChI=1S/C6H4Cl2N4/c7-5-6(8)12(3-9-5)4-1-2-10-11-4/h1-3H,(H,10,11). The summed E-state index contributed by atoms with van der Waals surface area (Å²) < 4.78 is 1.61. The number of hydrogen-bond acceptors (Lipinski definition) is 2. The summed E-state index contributed by atoms with van der Waals surface area (Å²) in [5.41, 5.74) is 0. The van der Waals surface area contributed by atoms with Crippen LogP contribution in [0.1, 0.15) is 0 Å². The van der Waals surface area contributed by atoms with Crippen LogP contribution in [-0.4, -0.2) is 19.7 Å². The first-order chi connectivity index (χ1) is 5.79. The molecule has 1 N–H and O–H groups in total. The van der Waals surface area contributed by atoms with Crippen LogP contribution in [0.2, 0.25) is 10.3 Å². The van der Waals surface area contributed by atoms with Crippen LogP contribution in [0.25, 0.3) is 5.82 Å². The summed E-state index contributed by atoms with van der Waals surface area (Å²) in [6.07, 6.45) is 3.15. The molecule has 0 aliphatic heterocycles. The van der Waals surface area contributed by atoms with Gasteiger partial charge in [0.05, 0.1) is 6.20 Å². The van der Waals surface area contributed by atoms with Crippen molar-refractivity contribution in [2.45, 2.75) is 0 Å². The Morgan fingerprint density at radius 3 is 2.75 bits per heavy atom. The molecule has 0 aliphatic carbocycles. The lowest BCUT2D eigenvalue weighted by Crippen LogP contribution is -1.91. The topological polar surface area (TPSA) is 46.5 Å². The summed E-state index contributed by atoms with van der Waals surface area (Å²) in [7, 11) is 0. The van der Waals surface area contributed by atoms with Crippen LogP contribution in [0, 0.1) is 0 Å². The van der Waals surface area contributed by atoms with Crippen LogP contribution >= 0.6 is 23.2 Å². The number of nitrogens with one attached hydrogen (secondary N) is 1. The third-order valence-electron chi connectivity index (χ3n) is 1.41. The lowest BCUT2D eigenvalue weighted by molar-refractivity contribution is 0.956. The average molecular weight is 203 g/mol. The van der Waals surface area contributed by atoms with E-state index in [0.29, 0.717) is 5.15 Å². The highest BCUT2D eigenvalue weighted by atomic mass is 35.5. The van der Waals surface area contributed by atoms with E-state index >= 15 is 0 Å². The van der Waals surface area contributed by atoms with Gasteiger partial charge in [-0.1, -0.05) is 23.2 Å². The molecule has 62 valence electrons. The molecule has 0 radical (unpaired) electrons. The van der Waals surface area contributed by atoms with Gasteiger partial charge in [-0.2, -0.15) is 5.10 Å². The molecule has 0 saturated heterocycles. The van der Waals surface area contributed by atoms with E-state index in [9.17, 15) is 0 Å². The molecule has 2 rings (SSSR count). The van der Waals surface area contributed by atoms with Crippen molar-refractivity contribution in [3.63, 3.8) is 0 Å². The fourth-order valence-electron chi connectivity index (χ4n) is 0.862. The summed E-state index contributed by atoms with van der Waals surface area (Å²) >= 11 is 11.5. The molecule has 0 saturated carbocycles. The lowest BCUT2D eigenvalue weighted by atomic mass is 10.6. The number of imidazole rings is 1. The predicted molar refractivity (Wildman–Crippen MR) is 45.7 cm³/mol. The molecule has 12 heavy (non-hydrogen) atoms. The molecule has 0 amide bonds. The minimum atomic E-state index is 0.284. The van der Waals surface area contributed by atoms with E-state index in [4.69, 9.17) is 23.2 Å². The highest BCUT2D eigenvalue weighted by molar-refractivity contribution is 6.40. The van der Waals surface area contributed by atoms with Gasteiger partial charge in [-0.05, 0) is 0 Å². The number of rotatable bonds is 1. The predicted octanol–water partition coefficient (Wildman–Crippen LogP) is 1.90. The first-order valence-electron chi connectivity index (χ1n) is 3.17. The zero-order valence-electron chi connectivity index (χ0n) is 5.83. The first-order valence-corrected chi connectivity index (χ1v) is 3.92. The van der Waals surface area contributed by atoms with Crippen molar-refractivity contribution in [1.29, 1.82) is 0 Å². The van der Waals surface area contributed by atoms with Gasteiger partial charge in [0.1, 0.15) is 12.1 Å². The molecule has 0 aliphatic rings. The Morgan fingerprint density at radius 1 is 1.42 bits per heavy atom. The smallest absolute Gasteiger partial charge is 0.166 e. The normalized spacial score (nSPS) is 10.5. The van der Waals surface area contributed by atoms with Gasteiger partial charge in [-0.15, -0.1) is 0 Å². The van der Waals surface area contributed by atoms with Crippen molar-refractivity contribution in [3.05, 3.63) is 28.9 Å². The molecule has 0 atom stereocenters. The molecule has 0 spiro atoms. The monoisotopic (exact) mass is 202 g/mol.